The van der Waals surface area contributed by atoms with Crippen molar-refractivity contribution in [3.8, 4) is 0 Å². The summed E-state index contributed by atoms with van der Waals surface area (Å²) in [7, 11) is 2.15. The normalized spacial score (nSPS) is 16.3. The minimum atomic E-state index is -4.44. The highest BCUT2D eigenvalue weighted by Crippen LogP contribution is 2.33. The van der Waals surface area contributed by atoms with Crippen LogP contribution in [0.25, 0.3) is 10.9 Å². The zero-order valence-electron chi connectivity index (χ0n) is 15.1. The van der Waals surface area contributed by atoms with E-state index in [4.69, 9.17) is 0 Å². The molecule has 0 spiro atoms. The Bertz CT molecular complexity index is 724. The predicted octanol–water partition coefficient (Wildman–Crippen LogP) is 5.32. The van der Waals surface area contributed by atoms with Gasteiger partial charge in [-0.15, -0.1) is 0 Å². The first-order valence-electron chi connectivity index (χ1n) is 9.36. The van der Waals surface area contributed by atoms with E-state index >= 15 is 0 Å². The van der Waals surface area contributed by atoms with Gasteiger partial charge in [0.1, 0.15) is 5.69 Å². The molecule has 0 saturated heterocycles. The number of nitrogens with one attached hydrogen (secondary N) is 1. The lowest BCUT2D eigenvalue weighted by molar-refractivity contribution is -0.140. The van der Waals surface area contributed by atoms with E-state index in [0.717, 1.165) is 24.4 Å². The van der Waals surface area contributed by atoms with Gasteiger partial charge in [-0.2, -0.15) is 13.2 Å². The van der Waals surface area contributed by atoms with E-state index in [-0.39, 0.29) is 0 Å². The molecule has 0 bridgehead atoms. The van der Waals surface area contributed by atoms with Crippen molar-refractivity contribution in [3.05, 3.63) is 36.0 Å². The van der Waals surface area contributed by atoms with Crippen molar-refractivity contribution in [1.82, 2.24) is 9.88 Å². The molecular weight excluding hydrogens is 339 g/mol. The lowest BCUT2D eigenvalue weighted by Crippen LogP contribution is -2.34. The Hall–Kier alpha value is -1.82. The first-order valence-corrected chi connectivity index (χ1v) is 9.36. The number of hydrogen-bond acceptors (Lipinski definition) is 3. The zero-order valence-corrected chi connectivity index (χ0v) is 15.1. The quantitative estimate of drug-likeness (QED) is 0.702. The van der Waals surface area contributed by atoms with Crippen molar-refractivity contribution in [3.63, 3.8) is 0 Å². The van der Waals surface area contributed by atoms with Crippen molar-refractivity contribution in [2.45, 2.75) is 50.7 Å². The van der Waals surface area contributed by atoms with Gasteiger partial charge in [0.15, 0.2) is 0 Å². The molecule has 1 aliphatic carbocycles. The fourth-order valence-corrected chi connectivity index (χ4v) is 3.72. The van der Waals surface area contributed by atoms with Crippen molar-refractivity contribution in [2.75, 3.05) is 25.5 Å². The molecule has 0 aliphatic heterocycles. The number of benzene rings is 1. The average molecular weight is 365 g/mol. The molecule has 1 fully saturated rings. The fourth-order valence-electron chi connectivity index (χ4n) is 3.72. The van der Waals surface area contributed by atoms with E-state index in [0.29, 0.717) is 23.8 Å². The van der Waals surface area contributed by atoms with Gasteiger partial charge >= 0.3 is 6.18 Å². The van der Waals surface area contributed by atoms with Crippen LogP contribution in [0.1, 0.15) is 44.2 Å². The van der Waals surface area contributed by atoms with Crippen LogP contribution in [-0.4, -0.2) is 36.1 Å². The minimum absolute atomic E-state index is 0.365. The monoisotopic (exact) mass is 365 g/mol. The Balaban J connectivity index is 1.62. The van der Waals surface area contributed by atoms with E-state index in [9.17, 15) is 13.2 Å². The van der Waals surface area contributed by atoms with E-state index in [1.165, 1.54) is 32.1 Å². The molecular formula is C20H26F3N3. The summed E-state index contributed by atoms with van der Waals surface area (Å²) in [5.74, 6) is 0. The molecule has 6 heteroatoms. The first kappa shape index (κ1) is 19.0. The summed E-state index contributed by atoms with van der Waals surface area (Å²) in [4.78, 5) is 6.15. The number of alkyl halides is 3. The summed E-state index contributed by atoms with van der Waals surface area (Å²) in [6, 6.07) is 8.72. The molecule has 1 N–H and O–H groups in total. The first-order chi connectivity index (χ1) is 12.4. The lowest BCUT2D eigenvalue weighted by atomic mass is 9.94. The number of pyridine rings is 1. The molecule has 1 saturated carbocycles. The Morgan fingerprint density at radius 2 is 1.88 bits per heavy atom. The summed E-state index contributed by atoms with van der Waals surface area (Å²) >= 11 is 0. The van der Waals surface area contributed by atoms with Crippen LogP contribution in [0.5, 0.6) is 0 Å². The van der Waals surface area contributed by atoms with Gasteiger partial charge in [-0.05, 0) is 45.0 Å². The number of rotatable bonds is 6. The lowest BCUT2D eigenvalue weighted by Gasteiger charge is -2.31. The molecule has 0 amide bonds. The van der Waals surface area contributed by atoms with Gasteiger partial charge in [0.05, 0.1) is 5.52 Å². The Kier molecular flexibility index (Phi) is 6.01. The van der Waals surface area contributed by atoms with Gasteiger partial charge in [-0.1, -0.05) is 37.5 Å². The molecule has 3 nitrogen and oxygen atoms in total. The van der Waals surface area contributed by atoms with Gasteiger partial charge in [0, 0.05) is 23.7 Å². The van der Waals surface area contributed by atoms with Crippen molar-refractivity contribution < 1.29 is 13.2 Å². The smallest absolute Gasteiger partial charge is 0.384 e. The van der Waals surface area contributed by atoms with Crippen LogP contribution < -0.4 is 5.32 Å². The van der Waals surface area contributed by atoms with E-state index in [2.05, 4.69) is 22.2 Å². The van der Waals surface area contributed by atoms with E-state index in [1.54, 1.807) is 18.2 Å². The number of para-hydroxylation sites is 1. The molecule has 1 aromatic heterocycles. The van der Waals surface area contributed by atoms with Gasteiger partial charge in [0.2, 0.25) is 0 Å². The van der Waals surface area contributed by atoms with Crippen LogP contribution in [0.3, 0.4) is 0 Å². The largest absolute Gasteiger partial charge is 0.433 e. The molecule has 0 unspecified atom stereocenters. The summed E-state index contributed by atoms with van der Waals surface area (Å²) in [5, 5.41) is 3.92. The number of halogens is 3. The second-order valence-electron chi connectivity index (χ2n) is 7.12. The Morgan fingerprint density at radius 1 is 1.15 bits per heavy atom. The summed E-state index contributed by atoms with van der Waals surface area (Å²) in [6.07, 6.45) is 2.91. The SMILES string of the molecule is CN(CCCNc1cc(C(F)(F)F)nc2ccccc12)C1CCCCC1. The highest BCUT2D eigenvalue weighted by Gasteiger charge is 2.33. The number of fused-ring (bicyclic) bond motifs is 1. The van der Waals surface area contributed by atoms with Gasteiger partial charge in [-0.3, -0.25) is 0 Å². The number of hydrogen-bond donors (Lipinski definition) is 1. The number of anilines is 1. The minimum Gasteiger partial charge on any atom is -0.384 e. The molecule has 142 valence electrons. The summed E-state index contributed by atoms with van der Waals surface area (Å²) < 4.78 is 39.3. The molecule has 2 aromatic rings. The zero-order chi connectivity index (χ0) is 18.6. The Labute approximate surface area is 152 Å². The maximum atomic E-state index is 13.1. The molecule has 1 aliphatic rings. The second kappa shape index (κ2) is 8.25. The number of aromatic nitrogens is 1. The van der Waals surface area contributed by atoms with Crippen LogP contribution in [0.15, 0.2) is 30.3 Å². The molecule has 1 aromatic carbocycles. The van der Waals surface area contributed by atoms with Gasteiger partial charge in [-0.25, -0.2) is 4.98 Å². The number of nitrogens with zero attached hydrogens (tertiary/aromatic N) is 2. The van der Waals surface area contributed by atoms with E-state index < -0.39 is 11.9 Å². The van der Waals surface area contributed by atoms with Crippen molar-refractivity contribution >= 4 is 16.6 Å². The fraction of sp³-hybridized carbons (Fsp3) is 0.550. The highest BCUT2D eigenvalue weighted by atomic mass is 19.4. The standard InChI is InChI=1S/C20H26F3N3/c1-26(15-8-3-2-4-9-15)13-7-12-24-18-14-19(20(21,22)23)25-17-11-6-5-10-16(17)18/h5-6,10-11,14-15H,2-4,7-9,12-13H2,1H3,(H,24,25). The van der Waals surface area contributed by atoms with Crippen LogP contribution in [-0.2, 0) is 6.18 Å². The maximum Gasteiger partial charge on any atom is 0.433 e. The molecule has 0 radical (unpaired) electrons. The molecule has 1 heterocycles. The van der Waals surface area contributed by atoms with Gasteiger partial charge in [0.25, 0.3) is 0 Å². The topological polar surface area (TPSA) is 28.2 Å². The van der Waals surface area contributed by atoms with Gasteiger partial charge < -0.3 is 10.2 Å². The third-order valence-corrected chi connectivity index (χ3v) is 5.21. The summed E-state index contributed by atoms with van der Waals surface area (Å²) in [5.41, 5.74) is 0.0189. The van der Waals surface area contributed by atoms with Crippen LogP contribution >= 0.6 is 0 Å². The molecule has 26 heavy (non-hydrogen) atoms. The van der Waals surface area contributed by atoms with Crippen LogP contribution in [0.4, 0.5) is 18.9 Å². The van der Waals surface area contributed by atoms with Crippen LogP contribution in [0, 0.1) is 0 Å². The third-order valence-electron chi connectivity index (χ3n) is 5.21. The second-order valence-corrected chi connectivity index (χ2v) is 7.12. The molecule has 3 rings (SSSR count). The van der Waals surface area contributed by atoms with Crippen LogP contribution in [0.2, 0.25) is 0 Å². The summed E-state index contributed by atoms with van der Waals surface area (Å²) in [6.45, 7) is 1.59. The van der Waals surface area contributed by atoms with Crippen molar-refractivity contribution in [2.24, 2.45) is 0 Å². The van der Waals surface area contributed by atoms with E-state index in [1.807, 2.05) is 6.07 Å². The predicted molar refractivity (Wildman–Crippen MR) is 99.4 cm³/mol. The maximum absolute atomic E-state index is 13.1. The third kappa shape index (κ3) is 4.67. The van der Waals surface area contributed by atoms with Crippen molar-refractivity contribution in [1.29, 1.82) is 0 Å². The molecule has 0 atom stereocenters. The highest BCUT2D eigenvalue weighted by molar-refractivity contribution is 5.91. The average Bonchev–Trinajstić information content (AvgIpc) is 2.64. The Morgan fingerprint density at radius 3 is 2.62 bits per heavy atom.